The fourth-order valence-electron chi connectivity index (χ4n) is 3.66. The Hall–Kier alpha value is -2.72. The van der Waals surface area contributed by atoms with Crippen LogP contribution in [0.3, 0.4) is 0 Å². The SMILES string of the molecule is CC(C)N(CC(=O)N(Cc1ccc2c(c1)OCO2)Cc1ccco1)S(=O)(=O)c1cc(Cl)ccc1Cl. The van der Waals surface area contributed by atoms with Crippen molar-refractivity contribution in [2.75, 3.05) is 13.3 Å². The molecule has 1 aromatic heterocycles. The first-order valence-electron chi connectivity index (χ1n) is 10.8. The number of hydrogen-bond acceptors (Lipinski definition) is 6. The molecule has 0 aliphatic carbocycles. The molecule has 1 amide bonds. The molecule has 3 aromatic rings. The van der Waals surface area contributed by atoms with Gasteiger partial charge in [0.2, 0.25) is 22.7 Å². The number of benzene rings is 2. The summed E-state index contributed by atoms with van der Waals surface area (Å²) in [6, 6.07) is 12.6. The number of hydrogen-bond donors (Lipinski definition) is 0. The van der Waals surface area contributed by atoms with Crippen LogP contribution in [0.2, 0.25) is 10.0 Å². The molecule has 0 bridgehead atoms. The van der Waals surface area contributed by atoms with E-state index in [4.69, 9.17) is 37.1 Å². The topological polar surface area (TPSA) is 89.3 Å². The van der Waals surface area contributed by atoms with Crippen LogP contribution in [0.25, 0.3) is 0 Å². The van der Waals surface area contributed by atoms with Gasteiger partial charge in [-0.15, -0.1) is 0 Å². The Morgan fingerprint density at radius 1 is 1.03 bits per heavy atom. The number of ether oxygens (including phenoxy) is 2. The van der Waals surface area contributed by atoms with E-state index < -0.39 is 28.5 Å². The number of sulfonamides is 1. The van der Waals surface area contributed by atoms with Gasteiger partial charge in [-0.25, -0.2) is 8.42 Å². The standard InChI is InChI=1S/C24H24Cl2N2O6S/c1-16(2)28(35(30,31)23-11-18(25)6-7-20(23)26)14-24(29)27(13-19-4-3-9-32-19)12-17-5-8-21-22(10-17)34-15-33-21/h3-11,16H,12-15H2,1-2H3. The maximum absolute atomic E-state index is 13.5. The number of amides is 1. The maximum atomic E-state index is 13.5. The number of nitrogens with zero attached hydrogens (tertiary/aromatic N) is 2. The summed E-state index contributed by atoms with van der Waals surface area (Å²) in [5.41, 5.74) is 0.797. The molecule has 0 unspecified atom stereocenters. The summed E-state index contributed by atoms with van der Waals surface area (Å²) >= 11 is 12.2. The number of rotatable bonds is 9. The van der Waals surface area contributed by atoms with Crippen LogP contribution < -0.4 is 9.47 Å². The number of halogens is 2. The average Bonchev–Trinajstić information content (AvgIpc) is 3.49. The van der Waals surface area contributed by atoms with Gasteiger partial charge in [0.25, 0.3) is 0 Å². The van der Waals surface area contributed by atoms with Gasteiger partial charge < -0.3 is 18.8 Å². The van der Waals surface area contributed by atoms with Crippen LogP contribution in [0.1, 0.15) is 25.2 Å². The zero-order chi connectivity index (χ0) is 25.2. The van der Waals surface area contributed by atoms with Gasteiger partial charge in [0.15, 0.2) is 11.5 Å². The second-order valence-electron chi connectivity index (χ2n) is 8.24. The van der Waals surface area contributed by atoms with E-state index in [9.17, 15) is 13.2 Å². The molecule has 0 N–H and O–H groups in total. The molecule has 1 aliphatic heterocycles. The monoisotopic (exact) mass is 538 g/mol. The molecule has 4 rings (SSSR count). The predicted octanol–water partition coefficient (Wildman–Crippen LogP) is 4.94. The van der Waals surface area contributed by atoms with Gasteiger partial charge in [-0.05, 0) is 61.9 Å². The van der Waals surface area contributed by atoms with E-state index in [2.05, 4.69) is 0 Å². The molecular formula is C24H24Cl2N2O6S. The van der Waals surface area contributed by atoms with Crippen LogP contribution in [0.4, 0.5) is 0 Å². The van der Waals surface area contributed by atoms with Gasteiger partial charge in [0.1, 0.15) is 10.7 Å². The quantitative estimate of drug-likeness (QED) is 0.383. The van der Waals surface area contributed by atoms with Gasteiger partial charge in [0.05, 0.1) is 24.4 Å². The van der Waals surface area contributed by atoms with Gasteiger partial charge >= 0.3 is 0 Å². The van der Waals surface area contributed by atoms with Crippen LogP contribution in [0.5, 0.6) is 11.5 Å². The lowest BCUT2D eigenvalue weighted by atomic mass is 10.2. The van der Waals surface area contributed by atoms with E-state index in [1.807, 2.05) is 6.07 Å². The van der Waals surface area contributed by atoms with Gasteiger partial charge in [0, 0.05) is 17.6 Å². The fraction of sp³-hybridized carbons (Fsp3) is 0.292. The molecule has 0 saturated heterocycles. The number of carbonyl (C=O) groups is 1. The molecule has 0 saturated carbocycles. The number of furan rings is 1. The summed E-state index contributed by atoms with van der Waals surface area (Å²) in [5.74, 6) is 1.38. The van der Waals surface area contributed by atoms with Crippen molar-refractivity contribution >= 4 is 39.1 Å². The van der Waals surface area contributed by atoms with Crippen molar-refractivity contribution < 1.29 is 27.1 Å². The summed E-state index contributed by atoms with van der Waals surface area (Å²) in [7, 11) is -4.12. The first kappa shape index (κ1) is 25.4. The molecule has 8 nitrogen and oxygen atoms in total. The van der Waals surface area contributed by atoms with Crippen molar-refractivity contribution in [1.29, 1.82) is 0 Å². The van der Waals surface area contributed by atoms with E-state index in [1.54, 1.807) is 38.1 Å². The smallest absolute Gasteiger partial charge is 0.245 e. The maximum Gasteiger partial charge on any atom is 0.245 e. The van der Waals surface area contributed by atoms with E-state index >= 15 is 0 Å². The Balaban J connectivity index is 1.61. The zero-order valence-electron chi connectivity index (χ0n) is 19.1. The highest BCUT2D eigenvalue weighted by atomic mass is 35.5. The summed E-state index contributed by atoms with van der Waals surface area (Å²) in [4.78, 5) is 14.9. The van der Waals surface area contributed by atoms with Crippen molar-refractivity contribution in [3.8, 4) is 11.5 Å². The number of carbonyl (C=O) groups excluding carboxylic acids is 1. The van der Waals surface area contributed by atoms with Crippen LogP contribution in [-0.2, 0) is 27.9 Å². The highest BCUT2D eigenvalue weighted by Gasteiger charge is 2.32. The second-order valence-corrected chi connectivity index (χ2v) is 10.9. The molecule has 2 aromatic carbocycles. The number of fused-ring (bicyclic) bond motifs is 1. The molecule has 186 valence electrons. The van der Waals surface area contributed by atoms with Crippen LogP contribution >= 0.6 is 23.2 Å². The molecule has 1 aliphatic rings. The molecule has 0 radical (unpaired) electrons. The van der Waals surface area contributed by atoms with Crippen molar-refractivity contribution in [3.63, 3.8) is 0 Å². The molecule has 0 fully saturated rings. The van der Waals surface area contributed by atoms with E-state index in [-0.39, 0.29) is 34.8 Å². The minimum atomic E-state index is -4.12. The van der Waals surface area contributed by atoms with E-state index in [0.717, 1.165) is 9.87 Å². The van der Waals surface area contributed by atoms with Crippen LogP contribution in [0, 0.1) is 0 Å². The lowest BCUT2D eigenvalue weighted by molar-refractivity contribution is -0.133. The van der Waals surface area contributed by atoms with Crippen molar-refractivity contribution in [2.45, 2.75) is 37.9 Å². The summed E-state index contributed by atoms with van der Waals surface area (Å²) in [6.45, 7) is 3.50. The average molecular weight is 539 g/mol. The van der Waals surface area contributed by atoms with E-state index in [1.165, 1.54) is 29.4 Å². The van der Waals surface area contributed by atoms with Crippen molar-refractivity contribution in [3.05, 3.63) is 76.2 Å². The molecular weight excluding hydrogens is 515 g/mol. The van der Waals surface area contributed by atoms with Crippen LogP contribution in [-0.4, -0.2) is 42.9 Å². The van der Waals surface area contributed by atoms with E-state index in [0.29, 0.717) is 17.3 Å². The second kappa shape index (κ2) is 10.5. The highest BCUT2D eigenvalue weighted by molar-refractivity contribution is 7.89. The first-order chi connectivity index (χ1) is 16.6. The highest BCUT2D eigenvalue weighted by Crippen LogP contribution is 2.33. The Kier molecular flexibility index (Phi) is 7.61. The van der Waals surface area contributed by atoms with Gasteiger partial charge in [-0.1, -0.05) is 29.3 Å². The predicted molar refractivity (Wildman–Crippen MR) is 131 cm³/mol. The third-order valence-electron chi connectivity index (χ3n) is 5.44. The van der Waals surface area contributed by atoms with Crippen molar-refractivity contribution in [2.24, 2.45) is 0 Å². The molecule has 35 heavy (non-hydrogen) atoms. The minimum Gasteiger partial charge on any atom is -0.467 e. The normalized spacial score (nSPS) is 13.0. The Bertz CT molecular complexity index is 1310. The lowest BCUT2D eigenvalue weighted by Gasteiger charge is -2.29. The van der Waals surface area contributed by atoms with Gasteiger partial charge in [-0.3, -0.25) is 4.79 Å². The summed E-state index contributed by atoms with van der Waals surface area (Å²) in [6.07, 6.45) is 1.52. The summed E-state index contributed by atoms with van der Waals surface area (Å²) < 4.78 is 44.3. The van der Waals surface area contributed by atoms with Crippen LogP contribution in [0.15, 0.2) is 64.1 Å². The molecule has 11 heteroatoms. The Morgan fingerprint density at radius 3 is 2.51 bits per heavy atom. The largest absolute Gasteiger partial charge is 0.467 e. The first-order valence-corrected chi connectivity index (χ1v) is 13.0. The van der Waals surface area contributed by atoms with Crippen molar-refractivity contribution in [1.82, 2.24) is 9.21 Å². The fourth-order valence-corrected chi connectivity index (χ4v) is 5.99. The lowest BCUT2D eigenvalue weighted by Crippen LogP contribution is -2.45. The third-order valence-corrected chi connectivity index (χ3v) is 8.18. The van der Waals surface area contributed by atoms with Gasteiger partial charge in [-0.2, -0.15) is 4.31 Å². The molecule has 0 atom stereocenters. The minimum absolute atomic E-state index is 0.0281. The third kappa shape index (κ3) is 5.75. The summed E-state index contributed by atoms with van der Waals surface area (Å²) in [5, 5.41) is 0.255. The zero-order valence-corrected chi connectivity index (χ0v) is 21.4. The Labute approximate surface area is 214 Å². The Morgan fingerprint density at radius 2 is 1.80 bits per heavy atom. The molecule has 0 spiro atoms. The molecule has 2 heterocycles.